The summed E-state index contributed by atoms with van der Waals surface area (Å²) in [7, 11) is 1.69. The summed E-state index contributed by atoms with van der Waals surface area (Å²) >= 11 is 5.90. The van der Waals surface area contributed by atoms with Crippen LogP contribution in [0.15, 0.2) is 79.0 Å². The van der Waals surface area contributed by atoms with Gasteiger partial charge < -0.3 is 19.5 Å². The summed E-state index contributed by atoms with van der Waals surface area (Å²) < 4.78 is 7.85. The Balaban J connectivity index is 1.66. The molecular formula is C29H30N4OS. The molecule has 1 aliphatic heterocycles. The van der Waals surface area contributed by atoms with Gasteiger partial charge in [-0.05, 0) is 86.1 Å². The number of rotatable bonds is 6. The lowest BCUT2D eigenvalue weighted by Gasteiger charge is -2.28. The van der Waals surface area contributed by atoms with E-state index in [1.54, 1.807) is 7.11 Å². The molecule has 0 spiro atoms. The summed E-state index contributed by atoms with van der Waals surface area (Å²) in [4.78, 5) is 6.89. The molecule has 1 N–H and O–H groups in total. The van der Waals surface area contributed by atoms with E-state index < -0.39 is 0 Å². The Kier molecular flexibility index (Phi) is 6.31. The molecule has 3 heterocycles. The number of methoxy groups -OCH3 is 1. The number of hydrogen-bond donors (Lipinski definition) is 1. The lowest BCUT2D eigenvalue weighted by atomic mass is 9.96. The normalized spacial score (nSPS) is 17.5. The first-order valence-electron chi connectivity index (χ1n) is 11.9. The zero-order valence-electron chi connectivity index (χ0n) is 20.5. The molecule has 5 nitrogen and oxygen atoms in total. The van der Waals surface area contributed by atoms with E-state index in [0.29, 0.717) is 5.11 Å². The highest BCUT2D eigenvalue weighted by Crippen LogP contribution is 2.44. The number of pyridine rings is 1. The van der Waals surface area contributed by atoms with Crippen molar-refractivity contribution < 1.29 is 4.74 Å². The second kappa shape index (κ2) is 9.55. The van der Waals surface area contributed by atoms with Crippen molar-refractivity contribution in [2.24, 2.45) is 0 Å². The molecule has 35 heavy (non-hydrogen) atoms. The largest absolute Gasteiger partial charge is 0.497 e. The third-order valence-electron chi connectivity index (χ3n) is 6.82. The molecule has 178 valence electrons. The van der Waals surface area contributed by atoms with Gasteiger partial charge in [-0.15, -0.1) is 0 Å². The van der Waals surface area contributed by atoms with E-state index in [4.69, 9.17) is 17.0 Å². The molecule has 2 aromatic heterocycles. The summed E-state index contributed by atoms with van der Waals surface area (Å²) in [5.74, 6) is 0.798. The molecule has 6 heteroatoms. The first-order chi connectivity index (χ1) is 17.0. The molecule has 0 bridgehead atoms. The molecule has 1 saturated heterocycles. The van der Waals surface area contributed by atoms with Crippen molar-refractivity contribution >= 4 is 23.0 Å². The zero-order valence-corrected chi connectivity index (χ0v) is 21.3. The maximum atomic E-state index is 5.90. The van der Waals surface area contributed by atoms with Crippen molar-refractivity contribution in [3.05, 3.63) is 107 Å². The molecule has 0 amide bonds. The lowest BCUT2D eigenvalue weighted by Crippen LogP contribution is -2.29. The van der Waals surface area contributed by atoms with Crippen LogP contribution in [-0.4, -0.2) is 21.8 Å². The highest BCUT2D eigenvalue weighted by atomic mass is 32.1. The van der Waals surface area contributed by atoms with Gasteiger partial charge in [0.05, 0.1) is 24.9 Å². The number of benzene rings is 2. The summed E-state index contributed by atoms with van der Waals surface area (Å²) in [6.45, 7) is 6.54. The first kappa shape index (κ1) is 23.1. The van der Waals surface area contributed by atoms with Crippen LogP contribution in [0.4, 0.5) is 5.69 Å². The Labute approximate surface area is 212 Å². The molecule has 1 aliphatic rings. The second-order valence-corrected chi connectivity index (χ2v) is 9.27. The lowest BCUT2D eigenvalue weighted by molar-refractivity contribution is 0.415. The number of anilines is 1. The second-order valence-electron chi connectivity index (χ2n) is 8.88. The molecule has 0 saturated carbocycles. The molecular weight excluding hydrogens is 452 g/mol. The number of hydrogen-bond acceptors (Lipinski definition) is 3. The number of thiocarbonyl (C=S) groups is 1. The van der Waals surface area contributed by atoms with Crippen LogP contribution in [-0.2, 0) is 6.42 Å². The average Bonchev–Trinajstić information content (AvgIpc) is 3.39. The third kappa shape index (κ3) is 4.19. The molecule has 2 atom stereocenters. The van der Waals surface area contributed by atoms with Gasteiger partial charge in [0.15, 0.2) is 5.11 Å². The Morgan fingerprint density at radius 1 is 0.971 bits per heavy atom. The SMILES string of the molecule is CCc1ccc(-n2c(C)cc([C@@H]3[C@H](c4ccccn4)NC(=S)N3c3cccc(OC)c3)c2C)cc1. The summed E-state index contributed by atoms with van der Waals surface area (Å²) in [6.07, 6.45) is 2.87. The predicted molar refractivity (Wildman–Crippen MR) is 146 cm³/mol. The predicted octanol–water partition coefficient (Wildman–Crippen LogP) is 6.24. The van der Waals surface area contributed by atoms with Gasteiger partial charge in [-0.2, -0.15) is 0 Å². The van der Waals surface area contributed by atoms with Crippen LogP contribution >= 0.6 is 12.2 Å². The highest BCUT2D eigenvalue weighted by molar-refractivity contribution is 7.80. The van der Waals surface area contributed by atoms with E-state index in [9.17, 15) is 0 Å². The standard InChI is InChI=1S/C29H30N4OS/c1-5-21-12-14-22(15-13-21)32-19(2)17-25(20(32)3)28-27(26-11-6-7-16-30-26)31-29(35)33(28)23-9-8-10-24(18-23)34-4/h6-18,27-28H,5H2,1-4H3,(H,31,35)/t27-,28+/m0/s1. The van der Waals surface area contributed by atoms with Gasteiger partial charge in [-0.1, -0.05) is 31.2 Å². The number of nitrogens with one attached hydrogen (secondary N) is 1. The number of aryl methyl sites for hydroxylation is 2. The molecule has 0 aliphatic carbocycles. The van der Waals surface area contributed by atoms with E-state index in [1.165, 1.54) is 28.2 Å². The summed E-state index contributed by atoms with van der Waals surface area (Å²) in [6, 6.07) is 25.0. The van der Waals surface area contributed by atoms with Crippen molar-refractivity contribution in [3.8, 4) is 11.4 Å². The minimum absolute atomic E-state index is 0.0700. The maximum absolute atomic E-state index is 5.90. The molecule has 1 fully saturated rings. The van der Waals surface area contributed by atoms with Gasteiger partial charge in [0.1, 0.15) is 5.75 Å². The van der Waals surface area contributed by atoms with Crippen molar-refractivity contribution in [1.82, 2.24) is 14.9 Å². The Morgan fingerprint density at radius 3 is 2.46 bits per heavy atom. The molecule has 5 rings (SSSR count). The van der Waals surface area contributed by atoms with Crippen LogP contribution in [0.2, 0.25) is 0 Å². The summed E-state index contributed by atoms with van der Waals surface area (Å²) in [5, 5.41) is 4.24. The van der Waals surface area contributed by atoms with Crippen LogP contribution < -0.4 is 15.0 Å². The maximum Gasteiger partial charge on any atom is 0.174 e. The van der Waals surface area contributed by atoms with E-state index in [-0.39, 0.29) is 12.1 Å². The van der Waals surface area contributed by atoms with Crippen LogP contribution in [0.5, 0.6) is 5.75 Å². The Morgan fingerprint density at radius 2 is 1.77 bits per heavy atom. The van der Waals surface area contributed by atoms with Gasteiger partial charge in [0.25, 0.3) is 0 Å². The number of aromatic nitrogens is 2. The van der Waals surface area contributed by atoms with Crippen LogP contribution in [0.25, 0.3) is 5.69 Å². The van der Waals surface area contributed by atoms with Crippen LogP contribution in [0, 0.1) is 13.8 Å². The Hall–Kier alpha value is -3.64. The summed E-state index contributed by atoms with van der Waals surface area (Å²) in [5.41, 5.74) is 8.04. The minimum atomic E-state index is -0.0914. The number of ether oxygens (including phenoxy) is 1. The van der Waals surface area contributed by atoms with E-state index in [1.807, 2.05) is 36.5 Å². The van der Waals surface area contributed by atoms with Crippen molar-refractivity contribution in [2.75, 3.05) is 12.0 Å². The van der Waals surface area contributed by atoms with E-state index in [2.05, 4.69) is 83.0 Å². The van der Waals surface area contributed by atoms with E-state index in [0.717, 1.165) is 23.6 Å². The van der Waals surface area contributed by atoms with Gasteiger partial charge >= 0.3 is 0 Å². The van der Waals surface area contributed by atoms with Crippen molar-refractivity contribution in [2.45, 2.75) is 39.3 Å². The van der Waals surface area contributed by atoms with Gasteiger partial charge in [0, 0.05) is 35.0 Å². The molecule has 0 radical (unpaired) electrons. The Bertz CT molecular complexity index is 1350. The number of nitrogens with zero attached hydrogens (tertiary/aromatic N) is 3. The topological polar surface area (TPSA) is 42.3 Å². The van der Waals surface area contributed by atoms with Crippen molar-refractivity contribution in [3.63, 3.8) is 0 Å². The monoisotopic (exact) mass is 482 g/mol. The highest BCUT2D eigenvalue weighted by Gasteiger charge is 2.42. The van der Waals surface area contributed by atoms with Crippen LogP contribution in [0.1, 0.15) is 47.2 Å². The van der Waals surface area contributed by atoms with E-state index >= 15 is 0 Å². The fraction of sp³-hybridized carbons (Fsp3) is 0.241. The average molecular weight is 483 g/mol. The van der Waals surface area contributed by atoms with Crippen molar-refractivity contribution in [1.29, 1.82) is 0 Å². The van der Waals surface area contributed by atoms with Crippen LogP contribution in [0.3, 0.4) is 0 Å². The molecule has 0 unspecified atom stereocenters. The van der Waals surface area contributed by atoms with Gasteiger partial charge in [0.2, 0.25) is 0 Å². The molecule has 4 aromatic rings. The van der Waals surface area contributed by atoms with Gasteiger partial charge in [-0.25, -0.2) is 0 Å². The quantitative estimate of drug-likeness (QED) is 0.330. The minimum Gasteiger partial charge on any atom is -0.497 e. The fourth-order valence-electron chi connectivity index (χ4n) is 5.07. The zero-order chi connectivity index (χ0) is 24.5. The third-order valence-corrected chi connectivity index (χ3v) is 7.14. The fourth-order valence-corrected chi connectivity index (χ4v) is 5.42. The first-order valence-corrected chi connectivity index (χ1v) is 12.4. The smallest absolute Gasteiger partial charge is 0.174 e. The van der Waals surface area contributed by atoms with Gasteiger partial charge in [-0.3, -0.25) is 4.98 Å². The molecule has 2 aromatic carbocycles.